The Balaban J connectivity index is 2.15. The minimum absolute atomic E-state index is 0.711. The number of anilines is 1. The molecule has 1 heterocycles. The van der Waals surface area contributed by atoms with Gasteiger partial charge >= 0.3 is 0 Å². The van der Waals surface area contributed by atoms with Crippen molar-refractivity contribution < 1.29 is 4.74 Å². The topological polar surface area (TPSA) is 47.0 Å². The zero-order chi connectivity index (χ0) is 13.5. The number of ether oxygens (including phenoxy) is 1. The molecule has 106 valence electrons. The molecule has 0 spiro atoms. The molecule has 0 saturated heterocycles. The summed E-state index contributed by atoms with van der Waals surface area (Å²) in [7, 11) is 0. The van der Waals surface area contributed by atoms with Gasteiger partial charge in [-0.05, 0) is 39.0 Å². The van der Waals surface area contributed by atoms with Gasteiger partial charge in [-0.25, -0.2) is 9.97 Å². The standard InChI is InChI=1S/C15H25N3O/c1-3-10-16-15-12-7-5-6-8-13(12)17-14(18-15)9-11-19-4-2/h3-11H2,1-2H3,(H,16,17,18). The lowest BCUT2D eigenvalue weighted by molar-refractivity contribution is 0.149. The molecule has 1 N–H and O–H groups in total. The van der Waals surface area contributed by atoms with E-state index in [0.717, 1.165) is 50.5 Å². The molecular weight excluding hydrogens is 238 g/mol. The van der Waals surface area contributed by atoms with Gasteiger partial charge in [-0.15, -0.1) is 0 Å². The van der Waals surface area contributed by atoms with Gasteiger partial charge in [0.05, 0.1) is 6.61 Å². The molecule has 0 aliphatic heterocycles. The maximum absolute atomic E-state index is 5.40. The van der Waals surface area contributed by atoms with E-state index >= 15 is 0 Å². The largest absolute Gasteiger partial charge is 0.381 e. The summed E-state index contributed by atoms with van der Waals surface area (Å²) < 4.78 is 5.40. The second-order valence-corrected chi connectivity index (χ2v) is 4.99. The molecule has 19 heavy (non-hydrogen) atoms. The first kappa shape index (κ1) is 14.3. The molecule has 0 radical (unpaired) electrons. The zero-order valence-electron chi connectivity index (χ0n) is 12.2. The SMILES string of the molecule is CCCNc1nc(CCOCC)nc2c1CCCC2. The summed E-state index contributed by atoms with van der Waals surface area (Å²) in [5.74, 6) is 1.99. The van der Waals surface area contributed by atoms with Gasteiger partial charge in [-0.2, -0.15) is 0 Å². The van der Waals surface area contributed by atoms with Crippen molar-refractivity contribution in [2.24, 2.45) is 0 Å². The molecule has 1 aromatic heterocycles. The second kappa shape index (κ2) is 7.43. The fourth-order valence-electron chi connectivity index (χ4n) is 2.45. The van der Waals surface area contributed by atoms with Crippen LogP contribution in [0.15, 0.2) is 0 Å². The first-order valence-corrected chi connectivity index (χ1v) is 7.55. The Morgan fingerprint density at radius 1 is 1.16 bits per heavy atom. The van der Waals surface area contributed by atoms with Crippen LogP contribution in [-0.2, 0) is 24.0 Å². The highest BCUT2D eigenvalue weighted by atomic mass is 16.5. The third-order valence-corrected chi connectivity index (χ3v) is 3.45. The molecule has 0 saturated carbocycles. The summed E-state index contributed by atoms with van der Waals surface area (Å²) >= 11 is 0. The summed E-state index contributed by atoms with van der Waals surface area (Å²) in [5.41, 5.74) is 2.60. The molecule has 0 fully saturated rings. The number of rotatable bonds is 7. The van der Waals surface area contributed by atoms with Gasteiger partial charge in [-0.3, -0.25) is 0 Å². The average Bonchev–Trinajstić information content (AvgIpc) is 2.45. The number of nitrogens with one attached hydrogen (secondary N) is 1. The minimum atomic E-state index is 0.711. The van der Waals surface area contributed by atoms with Crippen molar-refractivity contribution in [3.8, 4) is 0 Å². The Morgan fingerprint density at radius 3 is 2.79 bits per heavy atom. The van der Waals surface area contributed by atoms with Gasteiger partial charge in [0.15, 0.2) is 0 Å². The lowest BCUT2D eigenvalue weighted by Crippen LogP contribution is -2.16. The number of aryl methyl sites for hydroxylation is 1. The van der Waals surface area contributed by atoms with Gasteiger partial charge in [-0.1, -0.05) is 6.92 Å². The molecule has 4 nitrogen and oxygen atoms in total. The van der Waals surface area contributed by atoms with Crippen molar-refractivity contribution in [3.05, 3.63) is 17.1 Å². The summed E-state index contributed by atoms with van der Waals surface area (Å²) in [5, 5.41) is 3.46. The molecule has 4 heteroatoms. The van der Waals surface area contributed by atoms with Crippen molar-refractivity contribution >= 4 is 5.82 Å². The highest BCUT2D eigenvalue weighted by Crippen LogP contribution is 2.25. The average molecular weight is 263 g/mol. The smallest absolute Gasteiger partial charge is 0.133 e. The lowest BCUT2D eigenvalue weighted by atomic mass is 9.96. The monoisotopic (exact) mass is 263 g/mol. The van der Waals surface area contributed by atoms with E-state index in [9.17, 15) is 0 Å². The molecule has 1 aromatic rings. The van der Waals surface area contributed by atoms with Crippen LogP contribution < -0.4 is 5.32 Å². The highest BCUT2D eigenvalue weighted by Gasteiger charge is 2.17. The number of nitrogens with zero attached hydrogens (tertiary/aromatic N) is 2. The molecule has 1 aliphatic rings. The van der Waals surface area contributed by atoms with E-state index in [4.69, 9.17) is 14.7 Å². The first-order chi connectivity index (χ1) is 9.35. The van der Waals surface area contributed by atoms with E-state index in [2.05, 4.69) is 12.2 Å². The van der Waals surface area contributed by atoms with E-state index in [1.54, 1.807) is 0 Å². The number of fused-ring (bicyclic) bond motifs is 1. The van der Waals surface area contributed by atoms with Gasteiger partial charge < -0.3 is 10.1 Å². The van der Waals surface area contributed by atoms with E-state index in [-0.39, 0.29) is 0 Å². The molecule has 1 aliphatic carbocycles. The third kappa shape index (κ3) is 3.90. The van der Waals surface area contributed by atoms with Crippen molar-refractivity contribution in [3.63, 3.8) is 0 Å². The minimum Gasteiger partial charge on any atom is -0.381 e. The maximum Gasteiger partial charge on any atom is 0.133 e. The quantitative estimate of drug-likeness (QED) is 0.768. The van der Waals surface area contributed by atoms with Gasteiger partial charge in [0.1, 0.15) is 11.6 Å². The third-order valence-electron chi connectivity index (χ3n) is 3.45. The summed E-state index contributed by atoms with van der Waals surface area (Å²) in [6.07, 6.45) is 6.65. The van der Waals surface area contributed by atoms with Gasteiger partial charge in [0.2, 0.25) is 0 Å². The van der Waals surface area contributed by atoms with Crippen LogP contribution in [-0.4, -0.2) is 29.7 Å². The molecule has 0 unspecified atom stereocenters. The van der Waals surface area contributed by atoms with E-state index in [1.807, 2.05) is 6.92 Å². The lowest BCUT2D eigenvalue weighted by Gasteiger charge is -2.19. The number of hydrogen-bond donors (Lipinski definition) is 1. The van der Waals surface area contributed by atoms with Crippen LogP contribution >= 0.6 is 0 Å². The Kier molecular flexibility index (Phi) is 5.58. The Morgan fingerprint density at radius 2 is 2.00 bits per heavy atom. The Labute approximate surface area is 116 Å². The van der Waals surface area contributed by atoms with Gasteiger partial charge in [0, 0.05) is 30.8 Å². The molecule has 0 bridgehead atoms. The van der Waals surface area contributed by atoms with E-state index < -0.39 is 0 Å². The first-order valence-electron chi connectivity index (χ1n) is 7.55. The normalized spacial score (nSPS) is 14.2. The molecule has 0 amide bonds. The zero-order valence-corrected chi connectivity index (χ0v) is 12.2. The van der Waals surface area contributed by atoms with Crippen LogP contribution in [0.4, 0.5) is 5.82 Å². The summed E-state index contributed by atoms with van der Waals surface area (Å²) in [4.78, 5) is 9.42. The van der Waals surface area contributed by atoms with E-state index in [0.29, 0.717) is 6.61 Å². The molecule has 0 atom stereocenters. The molecular formula is C15H25N3O. The van der Waals surface area contributed by atoms with Crippen molar-refractivity contribution in [2.45, 2.75) is 52.4 Å². The predicted octanol–water partition coefficient (Wildman–Crippen LogP) is 2.76. The number of hydrogen-bond acceptors (Lipinski definition) is 4. The van der Waals surface area contributed by atoms with Crippen molar-refractivity contribution in [1.82, 2.24) is 9.97 Å². The molecule has 0 aromatic carbocycles. The fraction of sp³-hybridized carbons (Fsp3) is 0.733. The fourth-order valence-corrected chi connectivity index (χ4v) is 2.45. The van der Waals surface area contributed by atoms with Crippen LogP contribution in [0, 0.1) is 0 Å². The maximum atomic E-state index is 5.40. The van der Waals surface area contributed by atoms with Crippen LogP contribution in [0.2, 0.25) is 0 Å². The van der Waals surface area contributed by atoms with Crippen LogP contribution in [0.3, 0.4) is 0 Å². The predicted molar refractivity (Wildman–Crippen MR) is 77.7 cm³/mol. The van der Waals surface area contributed by atoms with Crippen LogP contribution in [0.1, 0.15) is 50.2 Å². The van der Waals surface area contributed by atoms with Crippen LogP contribution in [0.25, 0.3) is 0 Å². The number of aromatic nitrogens is 2. The Hall–Kier alpha value is -1.16. The summed E-state index contributed by atoms with van der Waals surface area (Å²) in [6.45, 7) is 6.64. The Bertz CT molecular complexity index is 407. The van der Waals surface area contributed by atoms with E-state index in [1.165, 1.54) is 24.1 Å². The van der Waals surface area contributed by atoms with Crippen LogP contribution in [0.5, 0.6) is 0 Å². The van der Waals surface area contributed by atoms with Crippen molar-refractivity contribution in [1.29, 1.82) is 0 Å². The second-order valence-electron chi connectivity index (χ2n) is 4.99. The highest BCUT2D eigenvalue weighted by molar-refractivity contribution is 5.47. The van der Waals surface area contributed by atoms with Crippen molar-refractivity contribution in [2.75, 3.05) is 25.1 Å². The summed E-state index contributed by atoms with van der Waals surface area (Å²) in [6, 6.07) is 0. The van der Waals surface area contributed by atoms with Gasteiger partial charge in [0.25, 0.3) is 0 Å². The molecule has 2 rings (SSSR count).